The zero-order chi connectivity index (χ0) is 18.6. The first-order valence-electron chi connectivity index (χ1n) is 8.46. The van der Waals surface area contributed by atoms with Gasteiger partial charge in [0.25, 0.3) is 5.56 Å². The van der Waals surface area contributed by atoms with Gasteiger partial charge in [0, 0.05) is 24.8 Å². The molecule has 2 aliphatic rings. The lowest BCUT2D eigenvalue weighted by atomic mass is 9.65. The first-order chi connectivity index (χ1) is 11.4. The molecule has 138 valence electrons. The molecule has 2 heterocycles. The average molecular weight is 356 g/mol. The van der Waals surface area contributed by atoms with Crippen LogP contribution in [0.4, 0.5) is 13.2 Å². The summed E-state index contributed by atoms with van der Waals surface area (Å²) >= 11 is 0. The van der Waals surface area contributed by atoms with Gasteiger partial charge in [-0.15, -0.1) is 0 Å². The monoisotopic (exact) mass is 356 g/mol. The molecule has 7 heteroatoms. The van der Waals surface area contributed by atoms with Crippen molar-refractivity contribution < 1.29 is 18.0 Å². The molecule has 3 rings (SSSR count). The van der Waals surface area contributed by atoms with Gasteiger partial charge in [0.05, 0.1) is 5.56 Å². The molecule has 1 aromatic rings. The maximum atomic E-state index is 12.8. The molecule has 25 heavy (non-hydrogen) atoms. The van der Waals surface area contributed by atoms with Crippen molar-refractivity contribution in [1.29, 1.82) is 0 Å². The summed E-state index contributed by atoms with van der Waals surface area (Å²) in [7, 11) is 0. The molecule has 1 aliphatic heterocycles. The quantitative estimate of drug-likeness (QED) is 0.816. The topological polar surface area (TPSA) is 42.3 Å². The van der Waals surface area contributed by atoms with Gasteiger partial charge in [-0.1, -0.05) is 20.8 Å². The van der Waals surface area contributed by atoms with Gasteiger partial charge in [-0.05, 0) is 36.2 Å². The smallest absolute Gasteiger partial charge is 0.338 e. The van der Waals surface area contributed by atoms with Crippen LogP contribution in [-0.2, 0) is 17.5 Å². The van der Waals surface area contributed by atoms with Crippen molar-refractivity contribution in [3.8, 4) is 0 Å². The van der Waals surface area contributed by atoms with Crippen molar-refractivity contribution >= 4 is 5.91 Å². The summed E-state index contributed by atoms with van der Waals surface area (Å²) in [5.41, 5.74) is -1.34. The fourth-order valence-electron chi connectivity index (χ4n) is 4.81. The molecule has 0 unspecified atom stereocenters. The van der Waals surface area contributed by atoms with E-state index in [1.807, 2.05) is 0 Å². The van der Waals surface area contributed by atoms with E-state index in [4.69, 9.17) is 0 Å². The third kappa shape index (κ3) is 3.60. The normalized spacial score (nSPS) is 28.2. The second-order valence-electron chi connectivity index (χ2n) is 8.62. The number of fused-ring (bicyclic) bond motifs is 2. The number of amides is 1. The molecular weight excluding hydrogens is 333 g/mol. The Morgan fingerprint density at radius 3 is 2.56 bits per heavy atom. The van der Waals surface area contributed by atoms with Crippen molar-refractivity contribution in [2.24, 2.45) is 10.8 Å². The summed E-state index contributed by atoms with van der Waals surface area (Å²) in [5, 5.41) is 0. The van der Waals surface area contributed by atoms with Crippen LogP contribution in [0.2, 0.25) is 0 Å². The second-order valence-corrected chi connectivity index (χ2v) is 8.62. The number of aromatic nitrogens is 1. The van der Waals surface area contributed by atoms with Crippen LogP contribution in [-0.4, -0.2) is 28.0 Å². The third-order valence-corrected chi connectivity index (χ3v) is 5.35. The standard InChI is InChI=1S/C18H23F3N2O2/c1-16(2)6-13-7-17(3,10-16)11-23(13)15(25)9-22-8-12(18(19,20)21)4-5-14(22)24/h4-5,8,13H,6-7,9-11H2,1-3H3/t13-,17-/m0/s1. The Labute approximate surface area is 144 Å². The number of pyridine rings is 1. The van der Waals surface area contributed by atoms with Gasteiger partial charge in [0.2, 0.25) is 5.91 Å². The molecule has 1 saturated carbocycles. The number of hydrogen-bond acceptors (Lipinski definition) is 2. The minimum absolute atomic E-state index is 0.0425. The van der Waals surface area contributed by atoms with Crippen molar-refractivity contribution in [2.75, 3.05) is 6.54 Å². The van der Waals surface area contributed by atoms with Gasteiger partial charge in [-0.2, -0.15) is 13.2 Å². The number of rotatable bonds is 2. The van der Waals surface area contributed by atoms with E-state index in [0.29, 0.717) is 6.54 Å². The summed E-state index contributed by atoms with van der Waals surface area (Å²) < 4.78 is 39.4. The van der Waals surface area contributed by atoms with Crippen LogP contribution < -0.4 is 5.56 Å². The summed E-state index contributed by atoms with van der Waals surface area (Å²) in [6.07, 6.45) is -0.996. The summed E-state index contributed by atoms with van der Waals surface area (Å²) in [5.74, 6) is -0.284. The summed E-state index contributed by atoms with van der Waals surface area (Å²) in [6.45, 7) is 6.78. The zero-order valence-corrected chi connectivity index (χ0v) is 14.7. The molecule has 1 aliphatic carbocycles. The van der Waals surface area contributed by atoms with Crippen LogP contribution >= 0.6 is 0 Å². The minimum atomic E-state index is -4.54. The van der Waals surface area contributed by atoms with Gasteiger partial charge < -0.3 is 9.47 Å². The number of halogens is 3. The van der Waals surface area contributed by atoms with Crippen LogP contribution in [0.25, 0.3) is 0 Å². The van der Waals surface area contributed by atoms with Gasteiger partial charge in [0.1, 0.15) is 6.54 Å². The fourth-order valence-corrected chi connectivity index (χ4v) is 4.81. The van der Waals surface area contributed by atoms with Crippen molar-refractivity contribution in [3.05, 3.63) is 34.2 Å². The van der Waals surface area contributed by atoms with Crippen LogP contribution in [0.5, 0.6) is 0 Å². The van der Waals surface area contributed by atoms with Gasteiger partial charge in [0.15, 0.2) is 0 Å². The Balaban J connectivity index is 1.81. The first-order valence-corrected chi connectivity index (χ1v) is 8.46. The van der Waals surface area contributed by atoms with Crippen LogP contribution in [0.15, 0.2) is 23.1 Å². The molecule has 2 bridgehead atoms. The predicted molar refractivity (Wildman–Crippen MR) is 86.9 cm³/mol. The first kappa shape index (κ1) is 18.0. The Bertz CT molecular complexity index is 753. The molecular formula is C18H23F3N2O2. The summed E-state index contributed by atoms with van der Waals surface area (Å²) in [4.78, 5) is 26.3. The number of carbonyl (C=O) groups is 1. The lowest BCUT2D eigenvalue weighted by molar-refractivity contribution is -0.139. The average Bonchev–Trinajstić information content (AvgIpc) is 2.69. The third-order valence-electron chi connectivity index (χ3n) is 5.35. The molecule has 0 aromatic carbocycles. The molecule has 2 atom stereocenters. The highest BCUT2D eigenvalue weighted by molar-refractivity contribution is 5.77. The van der Waals surface area contributed by atoms with Crippen molar-refractivity contribution in [3.63, 3.8) is 0 Å². The van der Waals surface area contributed by atoms with E-state index in [1.54, 1.807) is 4.90 Å². The van der Waals surface area contributed by atoms with Gasteiger partial charge in [-0.25, -0.2) is 0 Å². The number of carbonyl (C=O) groups excluding carboxylic acids is 1. The molecule has 0 radical (unpaired) electrons. The van der Waals surface area contributed by atoms with E-state index in [9.17, 15) is 22.8 Å². The van der Waals surface area contributed by atoms with Gasteiger partial charge >= 0.3 is 6.18 Å². The van der Waals surface area contributed by atoms with Gasteiger partial charge in [-0.3, -0.25) is 9.59 Å². The van der Waals surface area contributed by atoms with Crippen LogP contribution in [0.1, 0.15) is 45.6 Å². The van der Waals surface area contributed by atoms with E-state index in [0.717, 1.165) is 42.2 Å². The molecule has 1 saturated heterocycles. The number of nitrogens with zero attached hydrogens (tertiary/aromatic N) is 2. The van der Waals surface area contributed by atoms with E-state index in [2.05, 4.69) is 20.8 Å². The number of likely N-dealkylation sites (tertiary alicyclic amines) is 1. The Morgan fingerprint density at radius 2 is 1.92 bits per heavy atom. The number of hydrogen-bond donors (Lipinski definition) is 0. The molecule has 4 nitrogen and oxygen atoms in total. The highest BCUT2D eigenvalue weighted by Gasteiger charge is 2.50. The van der Waals surface area contributed by atoms with E-state index < -0.39 is 17.3 Å². The van der Waals surface area contributed by atoms with E-state index >= 15 is 0 Å². The Kier molecular flexibility index (Phi) is 4.04. The maximum Gasteiger partial charge on any atom is 0.417 e. The van der Waals surface area contributed by atoms with Crippen molar-refractivity contribution in [1.82, 2.24) is 9.47 Å². The molecule has 0 spiro atoms. The number of alkyl halides is 3. The molecule has 0 N–H and O–H groups in total. The van der Waals surface area contributed by atoms with Crippen LogP contribution in [0, 0.1) is 10.8 Å². The lowest BCUT2D eigenvalue weighted by Gasteiger charge is -2.39. The highest BCUT2D eigenvalue weighted by atomic mass is 19.4. The predicted octanol–water partition coefficient (Wildman–Crippen LogP) is 3.29. The maximum absolute atomic E-state index is 12.8. The van der Waals surface area contributed by atoms with Crippen molar-refractivity contribution in [2.45, 2.75) is 58.8 Å². The second kappa shape index (κ2) is 5.61. The van der Waals surface area contributed by atoms with E-state index in [1.165, 1.54) is 0 Å². The van der Waals surface area contributed by atoms with E-state index in [-0.39, 0.29) is 29.3 Å². The Morgan fingerprint density at radius 1 is 1.24 bits per heavy atom. The largest absolute Gasteiger partial charge is 0.417 e. The molecule has 2 fully saturated rings. The lowest BCUT2D eigenvalue weighted by Crippen LogP contribution is -2.40. The Hall–Kier alpha value is -1.79. The van der Waals surface area contributed by atoms with Crippen LogP contribution in [0.3, 0.4) is 0 Å². The SMILES string of the molecule is CC1(C)C[C@H]2C[C@](C)(CN2C(=O)Cn2cc(C(F)(F)F)ccc2=O)C1. The zero-order valence-electron chi connectivity index (χ0n) is 14.7. The fraction of sp³-hybridized carbons (Fsp3) is 0.667. The highest BCUT2D eigenvalue weighted by Crippen LogP contribution is 2.52. The molecule has 1 aromatic heterocycles. The summed E-state index contributed by atoms with van der Waals surface area (Å²) in [6, 6.07) is 1.71. The minimum Gasteiger partial charge on any atom is -0.338 e. The molecule has 1 amide bonds.